The van der Waals surface area contributed by atoms with Gasteiger partial charge in [0.2, 0.25) is 0 Å². The van der Waals surface area contributed by atoms with Crippen LogP contribution in [-0.2, 0) is 29.4 Å². The van der Waals surface area contributed by atoms with Gasteiger partial charge in [0.05, 0.1) is 30.5 Å². The predicted molar refractivity (Wildman–Crippen MR) is 167 cm³/mol. The molecule has 1 rings (SSSR count). The smallest absolute Gasteiger partial charge is 0.316 e. The monoisotopic (exact) mass is 636 g/mol. The van der Waals surface area contributed by atoms with E-state index in [1.54, 1.807) is 6.07 Å². The van der Waals surface area contributed by atoms with E-state index in [-0.39, 0.29) is 43.8 Å². The molecule has 0 aromatic carbocycles. The first-order chi connectivity index (χ1) is 20.2. The predicted octanol–water partition coefficient (Wildman–Crippen LogP) is 6.21. The molecule has 0 saturated heterocycles. The van der Waals surface area contributed by atoms with E-state index in [1.165, 1.54) is 102 Å². The average molecular weight is 637 g/mol. The van der Waals surface area contributed by atoms with Crippen molar-refractivity contribution in [2.24, 2.45) is 0 Å². The molecule has 1 atom stereocenters. The molecule has 1 aromatic rings. The summed E-state index contributed by atoms with van der Waals surface area (Å²) in [6.45, 7) is 2.85. The Bertz CT molecular complexity index is 963. The zero-order chi connectivity index (χ0) is 30.8. The van der Waals surface area contributed by atoms with Crippen LogP contribution < -0.4 is 4.74 Å². The first kappa shape index (κ1) is 38.7. The fourth-order valence-electron chi connectivity index (χ4n) is 4.58. The highest BCUT2D eigenvalue weighted by atomic mass is 32.2. The molecule has 0 amide bonds. The van der Waals surface area contributed by atoms with Crippen LogP contribution >= 0.6 is 0 Å². The van der Waals surface area contributed by atoms with Crippen molar-refractivity contribution in [3.8, 4) is 6.01 Å². The van der Waals surface area contributed by atoms with Crippen LogP contribution in [-0.4, -0.2) is 81.1 Å². The summed E-state index contributed by atoms with van der Waals surface area (Å²) >= 11 is 0. The van der Waals surface area contributed by atoms with Gasteiger partial charge in [0, 0.05) is 25.6 Å². The Morgan fingerprint density at radius 3 is 1.69 bits per heavy atom. The lowest BCUT2D eigenvalue weighted by Gasteiger charge is -2.18. The van der Waals surface area contributed by atoms with Gasteiger partial charge >= 0.3 is 6.01 Å². The number of ether oxygens (including phenoxy) is 3. The van der Waals surface area contributed by atoms with Crippen LogP contribution in [0, 0.1) is 0 Å². The van der Waals surface area contributed by atoms with Crippen molar-refractivity contribution in [2.75, 3.05) is 43.7 Å². The maximum absolute atomic E-state index is 12.6. The lowest BCUT2D eigenvalue weighted by Crippen LogP contribution is -2.34. The highest BCUT2D eigenvalue weighted by molar-refractivity contribution is 7.91. The van der Waals surface area contributed by atoms with Gasteiger partial charge in [-0.2, -0.15) is 8.42 Å². The quantitative estimate of drug-likeness (QED) is 0.0765. The number of hydrogen-bond acceptors (Lipinski definition) is 9. The van der Waals surface area contributed by atoms with E-state index in [0.717, 1.165) is 12.8 Å². The maximum atomic E-state index is 12.6. The van der Waals surface area contributed by atoms with E-state index in [9.17, 15) is 16.8 Å². The SMILES string of the molecule is CCCCCCCCCCCCCCCCCCOCC(CS(=O)(=O)CCOCCCS(=O)(=O)O)Oc1ncccn1. The Labute approximate surface area is 255 Å². The zero-order valence-electron chi connectivity index (χ0n) is 25.8. The van der Waals surface area contributed by atoms with Crippen molar-refractivity contribution in [1.29, 1.82) is 0 Å². The Balaban J connectivity index is 2.15. The van der Waals surface area contributed by atoms with Gasteiger partial charge in [0.1, 0.15) is 6.10 Å². The minimum atomic E-state index is -4.05. The maximum Gasteiger partial charge on any atom is 0.316 e. The molecule has 0 aliphatic heterocycles. The van der Waals surface area contributed by atoms with E-state index in [0.29, 0.717) is 6.61 Å². The van der Waals surface area contributed by atoms with Gasteiger partial charge < -0.3 is 14.2 Å². The lowest BCUT2D eigenvalue weighted by atomic mass is 10.0. The third-order valence-electron chi connectivity index (χ3n) is 6.93. The number of rotatable bonds is 30. The molecule has 0 spiro atoms. The molecule has 0 radical (unpaired) electrons. The lowest BCUT2D eigenvalue weighted by molar-refractivity contribution is 0.0533. The molecule has 246 valence electrons. The summed E-state index contributed by atoms with van der Waals surface area (Å²) in [5.41, 5.74) is 0. The second kappa shape index (κ2) is 25.0. The third kappa shape index (κ3) is 25.2. The topological polar surface area (TPSA) is 142 Å². The molecule has 0 fully saturated rings. The van der Waals surface area contributed by atoms with E-state index in [2.05, 4.69) is 16.9 Å². The normalized spacial score (nSPS) is 12.9. The van der Waals surface area contributed by atoms with Gasteiger partial charge in [0.15, 0.2) is 9.84 Å². The highest BCUT2D eigenvalue weighted by Crippen LogP contribution is 2.14. The molecule has 0 saturated carbocycles. The molecule has 0 aliphatic rings. The van der Waals surface area contributed by atoms with E-state index in [1.807, 2.05) is 0 Å². The van der Waals surface area contributed by atoms with Crippen LogP contribution in [0.5, 0.6) is 6.01 Å². The van der Waals surface area contributed by atoms with Crippen LogP contribution in [0.4, 0.5) is 0 Å². The van der Waals surface area contributed by atoms with Crippen LogP contribution in [0.25, 0.3) is 0 Å². The molecule has 1 N–H and O–H groups in total. The highest BCUT2D eigenvalue weighted by Gasteiger charge is 2.22. The van der Waals surface area contributed by atoms with Gasteiger partial charge in [-0.25, -0.2) is 18.4 Å². The summed E-state index contributed by atoms with van der Waals surface area (Å²) in [5, 5.41) is 0. The number of nitrogens with zero attached hydrogens (tertiary/aromatic N) is 2. The zero-order valence-corrected chi connectivity index (χ0v) is 27.4. The third-order valence-corrected chi connectivity index (χ3v) is 9.40. The molecule has 1 unspecified atom stereocenters. The molecule has 42 heavy (non-hydrogen) atoms. The molecular weight excluding hydrogens is 580 g/mol. The van der Waals surface area contributed by atoms with Crippen LogP contribution in [0.1, 0.15) is 116 Å². The molecular formula is C30H56N2O8S2. The number of aromatic nitrogens is 2. The van der Waals surface area contributed by atoms with E-state index < -0.39 is 31.8 Å². The standard InChI is InChI=1S/C30H56N2O8S2/c1-2-3-4-5-6-7-8-9-10-11-12-13-14-15-16-17-22-39-27-29(40-30-31-20-18-21-32-30)28-41(33,34)26-24-38-23-19-25-42(35,36)37/h18,20-21,29H,2-17,19,22-28H2,1H3,(H,35,36,37). The average Bonchev–Trinajstić information content (AvgIpc) is 2.94. The van der Waals surface area contributed by atoms with Gasteiger partial charge in [-0.1, -0.05) is 103 Å². The fourth-order valence-corrected chi connectivity index (χ4v) is 6.33. The van der Waals surface area contributed by atoms with Crippen LogP contribution in [0.3, 0.4) is 0 Å². The minimum Gasteiger partial charge on any atom is -0.457 e. The summed E-state index contributed by atoms with van der Waals surface area (Å²) in [6.07, 6.45) is 23.1. The minimum absolute atomic E-state index is 0.0372. The number of unbranched alkanes of at least 4 members (excludes halogenated alkanes) is 15. The summed E-state index contributed by atoms with van der Waals surface area (Å²) in [6, 6.07) is 1.73. The largest absolute Gasteiger partial charge is 0.457 e. The molecule has 0 bridgehead atoms. The van der Waals surface area contributed by atoms with Crippen LogP contribution in [0.15, 0.2) is 18.5 Å². The Morgan fingerprint density at radius 2 is 1.17 bits per heavy atom. The molecule has 10 nitrogen and oxygen atoms in total. The van der Waals surface area contributed by atoms with Crippen molar-refractivity contribution < 1.29 is 35.6 Å². The van der Waals surface area contributed by atoms with Crippen molar-refractivity contribution >= 4 is 20.0 Å². The van der Waals surface area contributed by atoms with Gasteiger partial charge in [-0.05, 0) is 18.9 Å². The van der Waals surface area contributed by atoms with Crippen LogP contribution in [0.2, 0.25) is 0 Å². The van der Waals surface area contributed by atoms with E-state index in [4.69, 9.17) is 18.8 Å². The molecule has 12 heteroatoms. The molecule has 0 aliphatic carbocycles. The molecule has 1 aromatic heterocycles. The van der Waals surface area contributed by atoms with Crippen molar-refractivity contribution in [3.63, 3.8) is 0 Å². The fraction of sp³-hybridized carbons (Fsp3) is 0.867. The number of sulfone groups is 1. The van der Waals surface area contributed by atoms with Crippen molar-refractivity contribution in [2.45, 2.75) is 122 Å². The van der Waals surface area contributed by atoms with Gasteiger partial charge in [-0.15, -0.1) is 0 Å². The van der Waals surface area contributed by atoms with Gasteiger partial charge in [0.25, 0.3) is 10.1 Å². The van der Waals surface area contributed by atoms with Crippen molar-refractivity contribution in [3.05, 3.63) is 18.5 Å². The summed E-state index contributed by atoms with van der Waals surface area (Å²) in [7, 11) is -7.60. The summed E-state index contributed by atoms with van der Waals surface area (Å²) in [4.78, 5) is 8.03. The second-order valence-corrected chi connectivity index (χ2v) is 14.8. The Kier molecular flexibility index (Phi) is 23.1. The van der Waals surface area contributed by atoms with Crippen molar-refractivity contribution in [1.82, 2.24) is 9.97 Å². The molecule has 1 heterocycles. The second-order valence-electron chi connectivity index (χ2n) is 11.0. The van der Waals surface area contributed by atoms with E-state index >= 15 is 0 Å². The Hall–Kier alpha value is -1.34. The van der Waals surface area contributed by atoms with Gasteiger partial charge in [-0.3, -0.25) is 4.55 Å². The summed E-state index contributed by atoms with van der Waals surface area (Å²) in [5.74, 6) is -0.949. The number of hydrogen-bond donors (Lipinski definition) is 1. The summed E-state index contributed by atoms with van der Waals surface area (Å²) < 4.78 is 72.1. The first-order valence-corrected chi connectivity index (χ1v) is 19.4. The first-order valence-electron chi connectivity index (χ1n) is 16.0. The Morgan fingerprint density at radius 1 is 0.667 bits per heavy atom.